The summed E-state index contributed by atoms with van der Waals surface area (Å²) < 4.78 is 2.16. The summed E-state index contributed by atoms with van der Waals surface area (Å²) in [4.78, 5) is 9.53. The second-order valence-electron chi connectivity index (χ2n) is 5.71. The summed E-state index contributed by atoms with van der Waals surface area (Å²) in [5, 5.41) is 0.507. The minimum absolute atomic E-state index is 0.507. The van der Waals surface area contributed by atoms with Crippen molar-refractivity contribution in [2.45, 2.75) is 36.5 Å². The Morgan fingerprint density at radius 2 is 1.78 bits per heavy atom. The second kappa shape index (κ2) is 7.97. The van der Waals surface area contributed by atoms with Crippen molar-refractivity contribution >= 4 is 11.8 Å². The summed E-state index contributed by atoms with van der Waals surface area (Å²) >= 11 is 1.92. The fourth-order valence-electron chi connectivity index (χ4n) is 2.51. The van der Waals surface area contributed by atoms with Crippen molar-refractivity contribution in [3.63, 3.8) is 0 Å². The Kier molecular flexibility index (Phi) is 5.48. The van der Waals surface area contributed by atoms with E-state index in [1.807, 2.05) is 42.9 Å². The summed E-state index contributed by atoms with van der Waals surface area (Å²) in [6.45, 7) is 3.10. The molecule has 23 heavy (non-hydrogen) atoms. The molecule has 0 spiro atoms. The predicted octanol–water partition coefficient (Wildman–Crippen LogP) is 4.38. The van der Waals surface area contributed by atoms with E-state index < -0.39 is 0 Å². The molecule has 0 saturated carbocycles. The third-order valence-electron chi connectivity index (χ3n) is 3.80. The first-order valence-corrected chi connectivity index (χ1v) is 8.75. The second-order valence-corrected chi connectivity index (χ2v) is 7.08. The van der Waals surface area contributed by atoms with Crippen LogP contribution in [0.2, 0.25) is 0 Å². The van der Waals surface area contributed by atoms with E-state index in [0.717, 1.165) is 19.4 Å². The molecule has 3 aromatic rings. The smallest absolute Gasteiger partial charge is 0.0946 e. The number of thioether (sulfide) groups is 1. The molecular formula is C19H21N3S. The van der Waals surface area contributed by atoms with Crippen LogP contribution in [0.15, 0.2) is 72.4 Å². The first-order valence-electron chi connectivity index (χ1n) is 7.87. The van der Waals surface area contributed by atoms with Crippen LogP contribution in [0.1, 0.15) is 17.5 Å². The Labute approximate surface area is 141 Å². The fourth-order valence-corrected chi connectivity index (χ4v) is 3.66. The molecule has 2 heterocycles. The third-order valence-corrected chi connectivity index (χ3v) is 5.06. The minimum atomic E-state index is 0.507. The zero-order chi connectivity index (χ0) is 15.9. The molecule has 0 N–H and O–H groups in total. The maximum atomic E-state index is 4.15. The Bertz CT molecular complexity index is 693. The summed E-state index contributed by atoms with van der Waals surface area (Å²) in [7, 11) is 0. The van der Waals surface area contributed by atoms with E-state index in [9.17, 15) is 0 Å². The van der Waals surface area contributed by atoms with E-state index in [1.54, 1.807) is 0 Å². The fraction of sp³-hybridized carbons (Fsp3) is 0.263. The van der Waals surface area contributed by atoms with Crippen LogP contribution in [-0.4, -0.2) is 19.8 Å². The van der Waals surface area contributed by atoms with Gasteiger partial charge in [-0.2, -0.15) is 0 Å². The van der Waals surface area contributed by atoms with Crippen LogP contribution in [0, 0.1) is 6.92 Å². The maximum absolute atomic E-state index is 4.15. The van der Waals surface area contributed by atoms with Gasteiger partial charge in [0.2, 0.25) is 0 Å². The monoisotopic (exact) mass is 323 g/mol. The van der Waals surface area contributed by atoms with Gasteiger partial charge in [0, 0.05) is 41.5 Å². The van der Waals surface area contributed by atoms with E-state index in [-0.39, 0.29) is 0 Å². The predicted molar refractivity (Wildman–Crippen MR) is 95.6 cm³/mol. The molecule has 3 nitrogen and oxygen atoms in total. The Morgan fingerprint density at radius 3 is 2.48 bits per heavy atom. The topological polar surface area (TPSA) is 30.7 Å². The van der Waals surface area contributed by atoms with Crippen LogP contribution in [0.5, 0.6) is 0 Å². The van der Waals surface area contributed by atoms with Gasteiger partial charge >= 0.3 is 0 Å². The lowest BCUT2D eigenvalue weighted by Crippen LogP contribution is -2.13. The van der Waals surface area contributed by atoms with E-state index in [2.05, 4.69) is 57.9 Å². The molecule has 0 saturated heterocycles. The van der Waals surface area contributed by atoms with E-state index >= 15 is 0 Å². The van der Waals surface area contributed by atoms with Crippen LogP contribution < -0.4 is 0 Å². The number of nitrogens with zero attached hydrogens (tertiary/aromatic N) is 3. The van der Waals surface area contributed by atoms with E-state index in [0.29, 0.717) is 5.25 Å². The highest BCUT2D eigenvalue weighted by molar-refractivity contribution is 8.00. The van der Waals surface area contributed by atoms with Gasteiger partial charge in [-0.3, -0.25) is 4.98 Å². The van der Waals surface area contributed by atoms with Gasteiger partial charge in [0.1, 0.15) is 0 Å². The number of aromatic nitrogens is 3. The lowest BCUT2D eigenvalue weighted by Gasteiger charge is -2.17. The Morgan fingerprint density at radius 1 is 1.00 bits per heavy atom. The number of rotatable bonds is 7. The highest BCUT2D eigenvalue weighted by Gasteiger charge is 2.12. The van der Waals surface area contributed by atoms with Crippen LogP contribution >= 0.6 is 11.8 Å². The van der Waals surface area contributed by atoms with Gasteiger partial charge in [-0.25, -0.2) is 4.98 Å². The molecule has 2 aromatic heterocycles. The number of imidazole rings is 1. The van der Waals surface area contributed by atoms with Crippen LogP contribution in [0.3, 0.4) is 0 Å². The van der Waals surface area contributed by atoms with Gasteiger partial charge in [0.05, 0.1) is 6.33 Å². The average molecular weight is 323 g/mol. The van der Waals surface area contributed by atoms with Gasteiger partial charge in [-0.05, 0) is 37.5 Å². The number of hydrogen-bond donors (Lipinski definition) is 0. The number of hydrogen-bond acceptors (Lipinski definition) is 3. The summed E-state index contributed by atoms with van der Waals surface area (Å²) in [6, 6.07) is 13.0. The average Bonchev–Trinajstić information content (AvgIpc) is 3.08. The highest BCUT2D eigenvalue weighted by Crippen LogP contribution is 2.27. The first-order chi connectivity index (χ1) is 11.3. The largest absolute Gasteiger partial charge is 0.336 e. The standard InChI is InChI=1S/C19H21N3S/c1-16-2-4-17(5-3-16)6-7-19(14-22-13-12-21-15-22)23-18-8-10-20-11-9-18/h2-5,8-13,15,19H,6-7,14H2,1H3. The van der Waals surface area contributed by atoms with Gasteiger partial charge in [0.15, 0.2) is 0 Å². The SMILES string of the molecule is Cc1ccc(CCC(Cn2ccnc2)Sc2ccncc2)cc1. The maximum Gasteiger partial charge on any atom is 0.0946 e. The Hall–Kier alpha value is -2.07. The van der Waals surface area contributed by atoms with E-state index in [4.69, 9.17) is 0 Å². The molecule has 1 atom stereocenters. The molecule has 0 aliphatic rings. The van der Waals surface area contributed by atoms with Crippen molar-refractivity contribution in [3.05, 3.63) is 78.6 Å². The zero-order valence-electron chi connectivity index (χ0n) is 13.3. The van der Waals surface area contributed by atoms with Crippen LogP contribution in [0.25, 0.3) is 0 Å². The molecule has 1 unspecified atom stereocenters. The van der Waals surface area contributed by atoms with Crippen molar-refractivity contribution < 1.29 is 0 Å². The van der Waals surface area contributed by atoms with Gasteiger partial charge in [-0.1, -0.05) is 29.8 Å². The van der Waals surface area contributed by atoms with Crippen molar-refractivity contribution in [3.8, 4) is 0 Å². The van der Waals surface area contributed by atoms with Gasteiger partial charge in [-0.15, -0.1) is 11.8 Å². The zero-order valence-corrected chi connectivity index (χ0v) is 14.1. The van der Waals surface area contributed by atoms with E-state index in [1.165, 1.54) is 16.0 Å². The molecule has 0 radical (unpaired) electrons. The lowest BCUT2D eigenvalue weighted by atomic mass is 10.1. The number of aryl methyl sites for hydroxylation is 2. The molecule has 0 fully saturated rings. The van der Waals surface area contributed by atoms with Crippen LogP contribution in [0.4, 0.5) is 0 Å². The quantitative estimate of drug-likeness (QED) is 0.605. The number of benzene rings is 1. The summed E-state index contributed by atoms with van der Waals surface area (Å²) in [6.07, 6.45) is 11.7. The summed E-state index contributed by atoms with van der Waals surface area (Å²) in [5.74, 6) is 0. The van der Waals surface area contributed by atoms with Crippen molar-refractivity contribution in [1.29, 1.82) is 0 Å². The molecule has 4 heteroatoms. The normalized spacial score (nSPS) is 12.2. The third kappa shape index (κ3) is 4.96. The first kappa shape index (κ1) is 15.8. The Balaban J connectivity index is 1.65. The highest BCUT2D eigenvalue weighted by atomic mass is 32.2. The molecule has 3 rings (SSSR count). The van der Waals surface area contributed by atoms with Crippen LogP contribution in [-0.2, 0) is 13.0 Å². The molecule has 118 valence electrons. The molecular weight excluding hydrogens is 302 g/mol. The van der Waals surface area contributed by atoms with Gasteiger partial charge in [0.25, 0.3) is 0 Å². The van der Waals surface area contributed by atoms with Gasteiger partial charge < -0.3 is 4.57 Å². The van der Waals surface area contributed by atoms with Crippen molar-refractivity contribution in [2.24, 2.45) is 0 Å². The number of pyridine rings is 1. The minimum Gasteiger partial charge on any atom is -0.336 e. The van der Waals surface area contributed by atoms with Crippen molar-refractivity contribution in [2.75, 3.05) is 0 Å². The molecule has 0 amide bonds. The van der Waals surface area contributed by atoms with Crippen molar-refractivity contribution in [1.82, 2.24) is 14.5 Å². The lowest BCUT2D eigenvalue weighted by molar-refractivity contribution is 0.624. The molecule has 0 bridgehead atoms. The molecule has 0 aliphatic heterocycles. The summed E-state index contributed by atoms with van der Waals surface area (Å²) in [5.41, 5.74) is 2.72. The molecule has 1 aromatic carbocycles. The molecule has 0 aliphatic carbocycles.